The lowest BCUT2D eigenvalue weighted by Crippen LogP contribution is -2.73. The van der Waals surface area contributed by atoms with Crippen molar-refractivity contribution in [1.29, 1.82) is 0 Å². The lowest BCUT2D eigenvalue weighted by molar-refractivity contribution is -0.421. The molecule has 1 spiro atoms. The Morgan fingerprint density at radius 3 is 1.74 bits per heavy atom. The van der Waals surface area contributed by atoms with Crippen LogP contribution in [-0.2, 0) is 0 Å². The van der Waals surface area contributed by atoms with Gasteiger partial charge >= 0.3 is 23.5 Å². The maximum atomic E-state index is 13.5. The Balaban J connectivity index is 2.09. The van der Waals surface area contributed by atoms with E-state index >= 15 is 0 Å². The van der Waals surface area contributed by atoms with Crippen molar-refractivity contribution >= 4 is 11.8 Å². The van der Waals surface area contributed by atoms with E-state index in [-0.39, 0.29) is 0 Å². The van der Waals surface area contributed by atoms with Crippen LogP contribution in [-0.4, -0.2) is 28.3 Å². The van der Waals surface area contributed by atoms with Crippen LogP contribution in [0, 0.1) is 17.3 Å². The number of thioether (sulfide) groups is 1. The number of hydrogen-bond donors (Lipinski definition) is 0. The van der Waals surface area contributed by atoms with Gasteiger partial charge in [-0.3, -0.25) is 0 Å². The Bertz CT molecular complexity index is 487. The number of rotatable bonds is 0. The van der Waals surface area contributed by atoms with Crippen LogP contribution in [0.15, 0.2) is 0 Å². The minimum Gasteiger partial charge on any atom is -0.199 e. The summed E-state index contributed by atoms with van der Waals surface area (Å²) >= 11 is -0.705. The van der Waals surface area contributed by atoms with Gasteiger partial charge in [0, 0.05) is 11.2 Å². The topological polar surface area (TPSA) is 0 Å². The second kappa shape index (κ2) is 4.24. The van der Waals surface area contributed by atoms with Crippen molar-refractivity contribution in [3.63, 3.8) is 0 Å². The normalized spacial score (nSPS) is 41.0. The molecule has 3 saturated carbocycles. The quantitative estimate of drug-likeness (QED) is 0.494. The molecule has 23 heavy (non-hydrogen) atoms. The Morgan fingerprint density at radius 2 is 1.39 bits per heavy atom. The number of alkyl halides is 10. The lowest BCUT2D eigenvalue weighted by Gasteiger charge is -2.65. The third-order valence-corrected chi connectivity index (χ3v) is 7.08. The van der Waals surface area contributed by atoms with Gasteiger partial charge in [0.1, 0.15) is 0 Å². The van der Waals surface area contributed by atoms with Crippen LogP contribution in [0.1, 0.15) is 25.7 Å². The average molecular weight is 376 g/mol. The van der Waals surface area contributed by atoms with Gasteiger partial charge in [0.2, 0.25) is 0 Å². The Labute approximate surface area is 128 Å². The third-order valence-electron chi connectivity index (χ3n) is 5.48. The van der Waals surface area contributed by atoms with Crippen LogP contribution in [0.5, 0.6) is 0 Å². The van der Waals surface area contributed by atoms with Gasteiger partial charge in [0.15, 0.2) is 5.41 Å². The fraction of sp³-hybridized carbons (Fsp3) is 1.00. The number of fused-ring (bicyclic) bond motifs is 1. The summed E-state index contributed by atoms with van der Waals surface area (Å²) in [5.74, 6) is -8.72. The summed E-state index contributed by atoms with van der Waals surface area (Å²) in [6.45, 7) is 0. The molecule has 1 aliphatic heterocycles. The second-order valence-electron chi connectivity index (χ2n) is 6.45. The monoisotopic (exact) mass is 376 g/mol. The molecule has 4 rings (SSSR count). The summed E-state index contributed by atoms with van der Waals surface area (Å²) in [6.07, 6.45) is -14.9. The molecular formula is C12H10F10S. The van der Waals surface area contributed by atoms with E-state index < -0.39 is 83.0 Å². The molecule has 1 heterocycles. The van der Waals surface area contributed by atoms with Crippen LogP contribution in [0.4, 0.5) is 43.9 Å². The van der Waals surface area contributed by atoms with E-state index in [4.69, 9.17) is 0 Å². The minimum absolute atomic E-state index is 0.494. The molecule has 0 aromatic rings. The number of halogens is 10. The first kappa shape index (κ1) is 17.5. The Kier molecular flexibility index (Phi) is 3.22. The van der Waals surface area contributed by atoms with Crippen molar-refractivity contribution in [2.45, 2.75) is 54.0 Å². The molecule has 0 nitrogen and oxygen atoms in total. The van der Waals surface area contributed by atoms with Crippen LogP contribution in [0.25, 0.3) is 0 Å². The largest absolute Gasteiger partial charge is 0.403 e. The minimum atomic E-state index is -5.72. The summed E-state index contributed by atoms with van der Waals surface area (Å²) in [5.41, 5.74) is -4.16. The number of hydrogen-bond acceptors (Lipinski definition) is 1. The maximum absolute atomic E-state index is 13.5. The van der Waals surface area contributed by atoms with E-state index in [0.717, 1.165) is 0 Å². The van der Waals surface area contributed by atoms with E-state index in [9.17, 15) is 43.9 Å². The third kappa shape index (κ3) is 1.88. The van der Waals surface area contributed by atoms with Gasteiger partial charge in [0.05, 0.1) is 0 Å². The molecule has 4 fully saturated rings. The molecule has 4 aliphatic rings. The molecule has 0 radical (unpaired) electrons. The molecule has 3 atom stereocenters. The van der Waals surface area contributed by atoms with Gasteiger partial charge < -0.3 is 0 Å². The fourth-order valence-corrected chi connectivity index (χ4v) is 6.18. The molecule has 1 saturated heterocycles. The van der Waals surface area contributed by atoms with Gasteiger partial charge in [-0.05, 0) is 31.1 Å². The average Bonchev–Trinajstić information content (AvgIpc) is 2.37. The zero-order valence-corrected chi connectivity index (χ0v) is 12.0. The highest BCUT2D eigenvalue weighted by atomic mass is 32.2. The zero-order valence-electron chi connectivity index (χ0n) is 11.2. The first-order valence-electron chi connectivity index (χ1n) is 6.70. The van der Waals surface area contributed by atoms with Crippen LogP contribution in [0.2, 0.25) is 0 Å². The van der Waals surface area contributed by atoms with Gasteiger partial charge in [0.25, 0.3) is 0 Å². The highest BCUT2D eigenvalue weighted by Crippen LogP contribution is 2.80. The summed E-state index contributed by atoms with van der Waals surface area (Å²) in [7, 11) is 0. The molecule has 134 valence electrons. The Hall–Kier alpha value is -0.350. The molecule has 3 aliphatic carbocycles. The maximum Gasteiger partial charge on any atom is 0.403 e. The van der Waals surface area contributed by atoms with Crippen LogP contribution in [0.3, 0.4) is 0 Å². The molecule has 0 unspecified atom stereocenters. The second-order valence-corrected chi connectivity index (χ2v) is 7.98. The molecular weight excluding hydrogens is 366 g/mol. The van der Waals surface area contributed by atoms with Gasteiger partial charge in [-0.25, -0.2) is 0 Å². The standard InChI is InChI=1S/C12H10F10S/c13-8(14)4-7(23-12(8,21)22)2-1-5-3-6(7)9(5,10(15,16)17)11(18,19)20/h5-6H,1-4H2/t5-,6-,7+/m1/s1. The molecule has 0 amide bonds. The molecule has 2 bridgehead atoms. The van der Waals surface area contributed by atoms with E-state index in [1.54, 1.807) is 0 Å². The van der Waals surface area contributed by atoms with Crippen molar-refractivity contribution < 1.29 is 43.9 Å². The van der Waals surface area contributed by atoms with E-state index in [1.165, 1.54) is 0 Å². The highest BCUT2D eigenvalue weighted by molar-refractivity contribution is 8.02. The summed E-state index contributed by atoms with van der Waals surface area (Å²) in [5, 5.41) is -4.67. The predicted octanol–water partition coefficient (Wildman–Crippen LogP) is 5.63. The van der Waals surface area contributed by atoms with Crippen molar-refractivity contribution in [3.8, 4) is 0 Å². The highest BCUT2D eigenvalue weighted by Gasteiger charge is 2.88. The summed E-state index contributed by atoms with van der Waals surface area (Å²) < 4.78 is 131. The molecule has 0 N–H and O–H groups in total. The van der Waals surface area contributed by atoms with Crippen molar-refractivity contribution in [1.82, 2.24) is 0 Å². The van der Waals surface area contributed by atoms with E-state index in [2.05, 4.69) is 0 Å². The summed E-state index contributed by atoms with van der Waals surface area (Å²) in [6, 6.07) is 0. The molecule has 0 aromatic heterocycles. The van der Waals surface area contributed by atoms with Crippen molar-refractivity contribution in [3.05, 3.63) is 0 Å². The van der Waals surface area contributed by atoms with E-state index in [1.807, 2.05) is 0 Å². The summed E-state index contributed by atoms with van der Waals surface area (Å²) in [4.78, 5) is 0. The van der Waals surface area contributed by atoms with Gasteiger partial charge in [-0.1, -0.05) is 11.8 Å². The lowest BCUT2D eigenvalue weighted by atomic mass is 9.42. The smallest absolute Gasteiger partial charge is 0.199 e. The van der Waals surface area contributed by atoms with Crippen LogP contribution < -0.4 is 0 Å². The predicted molar refractivity (Wildman–Crippen MR) is 60.2 cm³/mol. The SMILES string of the molecule is FC(F)(F)C1(C(F)(F)F)[C@@H]2CC[C@]3(CC(F)(F)C(F)(F)S3)[C@H]1C2. The van der Waals surface area contributed by atoms with E-state index in [0.29, 0.717) is 0 Å². The fourth-order valence-electron chi connectivity index (χ4n) is 4.55. The van der Waals surface area contributed by atoms with Crippen molar-refractivity contribution in [2.75, 3.05) is 0 Å². The first-order valence-corrected chi connectivity index (χ1v) is 7.52. The molecule has 0 aromatic carbocycles. The Morgan fingerprint density at radius 1 is 0.870 bits per heavy atom. The van der Waals surface area contributed by atoms with Crippen molar-refractivity contribution in [2.24, 2.45) is 17.3 Å². The van der Waals surface area contributed by atoms with Gasteiger partial charge in [-0.15, -0.1) is 0 Å². The van der Waals surface area contributed by atoms with Crippen LogP contribution >= 0.6 is 11.8 Å². The zero-order chi connectivity index (χ0) is 17.7. The van der Waals surface area contributed by atoms with Gasteiger partial charge in [-0.2, -0.15) is 43.9 Å². The molecule has 11 heteroatoms. The first-order chi connectivity index (χ1) is 10.1.